The number of nitrogens with zero attached hydrogens (tertiary/aromatic N) is 2. The molecule has 9 heteroatoms. The second-order valence-electron chi connectivity index (χ2n) is 6.11. The molecule has 0 aliphatic heterocycles. The lowest BCUT2D eigenvalue weighted by molar-refractivity contribution is -0.113. The van der Waals surface area contributed by atoms with Gasteiger partial charge < -0.3 is 10.4 Å². The molecule has 1 amide bonds. The van der Waals surface area contributed by atoms with Crippen LogP contribution in [0.15, 0.2) is 52.4 Å². The second kappa shape index (κ2) is 8.96. The second-order valence-corrected chi connectivity index (χ2v) is 7.87. The van der Waals surface area contributed by atoms with Crippen molar-refractivity contribution in [2.45, 2.75) is 24.7 Å². The predicted octanol–water partition coefficient (Wildman–Crippen LogP) is 3.81. The lowest BCUT2D eigenvalue weighted by atomic mass is 10.2. The Morgan fingerprint density at radius 2 is 1.89 bits per heavy atom. The largest absolute Gasteiger partial charge is 0.392 e. The molecule has 0 aliphatic carbocycles. The number of carbonyl (C=O) groups is 1. The highest BCUT2D eigenvalue weighted by Gasteiger charge is 2.16. The van der Waals surface area contributed by atoms with Gasteiger partial charge >= 0.3 is 0 Å². The summed E-state index contributed by atoms with van der Waals surface area (Å²) in [6.45, 7) is 1.67. The number of rotatable bonds is 6. The summed E-state index contributed by atoms with van der Waals surface area (Å²) >= 11 is 13.2. The van der Waals surface area contributed by atoms with Crippen LogP contribution in [0.1, 0.15) is 6.92 Å². The Kier molecular flexibility index (Phi) is 6.61. The van der Waals surface area contributed by atoms with Gasteiger partial charge in [0.25, 0.3) is 5.56 Å². The van der Waals surface area contributed by atoms with Gasteiger partial charge in [-0.25, -0.2) is 4.98 Å². The Labute approximate surface area is 175 Å². The van der Waals surface area contributed by atoms with Crippen LogP contribution >= 0.6 is 35.0 Å². The average Bonchev–Trinajstić information content (AvgIpc) is 2.65. The number of aliphatic hydroxyl groups is 1. The molecule has 0 spiro atoms. The maximum atomic E-state index is 12.8. The van der Waals surface area contributed by atoms with E-state index < -0.39 is 6.10 Å². The summed E-state index contributed by atoms with van der Waals surface area (Å²) < 4.78 is 1.38. The number of nitrogens with one attached hydrogen (secondary N) is 1. The molecule has 1 atom stereocenters. The van der Waals surface area contributed by atoms with Gasteiger partial charge in [-0.05, 0) is 31.2 Å². The zero-order valence-corrected chi connectivity index (χ0v) is 17.2. The number of aromatic nitrogens is 2. The number of anilines is 1. The van der Waals surface area contributed by atoms with Crippen LogP contribution in [0.3, 0.4) is 0 Å². The molecule has 1 heterocycles. The molecule has 3 rings (SSSR count). The van der Waals surface area contributed by atoms with Crippen molar-refractivity contribution in [3.05, 3.63) is 62.9 Å². The van der Waals surface area contributed by atoms with E-state index in [9.17, 15) is 14.7 Å². The SMILES string of the molecule is C[C@@H](O)Cn1c(SCC(=O)Nc2c(Cl)cccc2Cl)nc2ccccc2c1=O. The number of hydrogen-bond donors (Lipinski definition) is 2. The maximum absolute atomic E-state index is 12.8. The Morgan fingerprint density at radius 3 is 2.57 bits per heavy atom. The van der Waals surface area contributed by atoms with Crippen LogP contribution in [0.4, 0.5) is 5.69 Å². The van der Waals surface area contributed by atoms with Crippen molar-refractivity contribution in [2.24, 2.45) is 0 Å². The number of benzene rings is 2. The molecule has 2 aromatic carbocycles. The van der Waals surface area contributed by atoms with E-state index in [0.29, 0.717) is 31.8 Å². The summed E-state index contributed by atoms with van der Waals surface area (Å²) in [5.74, 6) is -0.349. The van der Waals surface area contributed by atoms with Gasteiger partial charge in [0.05, 0.1) is 45.0 Å². The third-order valence-corrected chi connectivity index (χ3v) is 5.44. The first kappa shape index (κ1) is 20.7. The Hall–Kier alpha value is -2.06. The van der Waals surface area contributed by atoms with E-state index in [1.807, 2.05) is 0 Å². The van der Waals surface area contributed by atoms with Crippen molar-refractivity contribution in [2.75, 3.05) is 11.1 Å². The highest BCUT2D eigenvalue weighted by molar-refractivity contribution is 7.99. The fourth-order valence-electron chi connectivity index (χ4n) is 2.61. The molecule has 3 aromatic rings. The first-order chi connectivity index (χ1) is 13.4. The van der Waals surface area contributed by atoms with Gasteiger partial charge in [-0.2, -0.15) is 0 Å². The first-order valence-electron chi connectivity index (χ1n) is 8.41. The fraction of sp³-hybridized carbons (Fsp3) is 0.211. The van der Waals surface area contributed by atoms with Crippen LogP contribution in [0, 0.1) is 0 Å². The zero-order chi connectivity index (χ0) is 20.3. The number of hydrogen-bond acceptors (Lipinski definition) is 5. The van der Waals surface area contributed by atoms with Crippen LogP contribution in [0.2, 0.25) is 10.0 Å². The quantitative estimate of drug-likeness (QED) is 0.452. The third-order valence-electron chi connectivity index (χ3n) is 3.83. The van der Waals surface area contributed by atoms with E-state index in [4.69, 9.17) is 23.2 Å². The Morgan fingerprint density at radius 1 is 1.21 bits per heavy atom. The molecule has 0 bridgehead atoms. The van der Waals surface area contributed by atoms with Gasteiger partial charge in [0, 0.05) is 0 Å². The highest BCUT2D eigenvalue weighted by atomic mass is 35.5. The molecule has 2 N–H and O–H groups in total. The Balaban J connectivity index is 1.85. The fourth-order valence-corrected chi connectivity index (χ4v) is 3.91. The monoisotopic (exact) mass is 437 g/mol. The molecule has 146 valence electrons. The van der Waals surface area contributed by atoms with Gasteiger partial charge in [0.2, 0.25) is 5.91 Å². The summed E-state index contributed by atoms with van der Waals surface area (Å²) in [6.07, 6.45) is -0.740. The molecule has 0 aliphatic rings. The van der Waals surface area contributed by atoms with Gasteiger partial charge in [0.1, 0.15) is 0 Å². The van der Waals surface area contributed by atoms with Gasteiger partial charge in [-0.3, -0.25) is 14.2 Å². The normalized spacial score (nSPS) is 12.1. The molecular weight excluding hydrogens is 421 g/mol. The van der Waals surface area contributed by atoms with E-state index in [1.54, 1.807) is 49.4 Å². The van der Waals surface area contributed by atoms with Crippen molar-refractivity contribution >= 4 is 57.5 Å². The lowest BCUT2D eigenvalue weighted by Gasteiger charge is -2.14. The molecule has 28 heavy (non-hydrogen) atoms. The average molecular weight is 438 g/mol. The van der Waals surface area contributed by atoms with Crippen LogP contribution in [0.5, 0.6) is 0 Å². The van der Waals surface area contributed by atoms with Crippen LogP contribution in [-0.2, 0) is 11.3 Å². The van der Waals surface area contributed by atoms with E-state index in [-0.39, 0.29) is 23.8 Å². The number of halogens is 2. The summed E-state index contributed by atoms with van der Waals surface area (Å²) in [5, 5.41) is 13.9. The molecule has 0 unspecified atom stereocenters. The number of amides is 1. The van der Waals surface area contributed by atoms with Crippen molar-refractivity contribution < 1.29 is 9.90 Å². The molecule has 0 saturated heterocycles. The molecular formula is C19H17Cl2N3O3S. The summed E-state index contributed by atoms with van der Waals surface area (Å²) in [7, 11) is 0. The molecule has 1 aromatic heterocycles. The highest BCUT2D eigenvalue weighted by Crippen LogP contribution is 2.30. The minimum Gasteiger partial charge on any atom is -0.392 e. The number of fused-ring (bicyclic) bond motifs is 1. The minimum atomic E-state index is -0.740. The van der Waals surface area contributed by atoms with Crippen LogP contribution in [0.25, 0.3) is 10.9 Å². The summed E-state index contributed by atoms with van der Waals surface area (Å²) in [5.41, 5.74) is 0.610. The number of aliphatic hydroxyl groups excluding tert-OH is 1. The lowest BCUT2D eigenvalue weighted by Crippen LogP contribution is -2.28. The van der Waals surface area contributed by atoms with E-state index >= 15 is 0 Å². The summed E-state index contributed by atoms with van der Waals surface area (Å²) in [6, 6.07) is 11.9. The number of para-hydroxylation sites is 2. The first-order valence-corrected chi connectivity index (χ1v) is 10.1. The van der Waals surface area contributed by atoms with Crippen LogP contribution < -0.4 is 10.9 Å². The van der Waals surface area contributed by atoms with E-state index in [0.717, 1.165) is 11.8 Å². The molecule has 6 nitrogen and oxygen atoms in total. The summed E-state index contributed by atoms with van der Waals surface area (Å²) in [4.78, 5) is 29.6. The van der Waals surface area contributed by atoms with E-state index in [1.165, 1.54) is 4.57 Å². The topological polar surface area (TPSA) is 84.2 Å². The Bertz CT molecular complexity index is 1070. The van der Waals surface area contributed by atoms with Gasteiger partial charge in [-0.15, -0.1) is 0 Å². The minimum absolute atomic E-state index is 0.00780. The van der Waals surface area contributed by atoms with E-state index in [2.05, 4.69) is 10.3 Å². The number of thioether (sulfide) groups is 1. The molecule has 0 saturated carbocycles. The smallest absolute Gasteiger partial charge is 0.262 e. The van der Waals surface area contributed by atoms with Gasteiger partial charge in [0.15, 0.2) is 5.16 Å². The van der Waals surface area contributed by atoms with Crippen molar-refractivity contribution in [3.63, 3.8) is 0 Å². The standard InChI is InChI=1S/C19H17Cl2N3O3S/c1-11(25)9-24-18(27)12-5-2-3-8-15(12)22-19(24)28-10-16(26)23-17-13(20)6-4-7-14(17)21/h2-8,11,25H,9-10H2,1H3,(H,23,26)/t11-/m1/s1. The third kappa shape index (κ3) is 4.67. The van der Waals surface area contributed by atoms with Gasteiger partial charge in [-0.1, -0.05) is 53.2 Å². The zero-order valence-electron chi connectivity index (χ0n) is 14.9. The predicted molar refractivity (Wildman–Crippen MR) is 113 cm³/mol. The molecule has 0 fully saturated rings. The van der Waals surface area contributed by atoms with Crippen molar-refractivity contribution in [1.29, 1.82) is 0 Å². The van der Waals surface area contributed by atoms with Crippen LogP contribution in [-0.4, -0.2) is 32.4 Å². The number of carbonyl (C=O) groups excluding carboxylic acids is 1. The van der Waals surface area contributed by atoms with Crippen molar-refractivity contribution in [3.8, 4) is 0 Å². The molecule has 0 radical (unpaired) electrons. The van der Waals surface area contributed by atoms with Crippen molar-refractivity contribution in [1.82, 2.24) is 9.55 Å². The maximum Gasteiger partial charge on any atom is 0.262 e.